The summed E-state index contributed by atoms with van der Waals surface area (Å²) in [5.74, 6) is 0. The molecule has 0 aromatic heterocycles. The normalized spacial score (nSPS) is 13.1. The van der Waals surface area contributed by atoms with Crippen molar-refractivity contribution in [3.63, 3.8) is 0 Å². The van der Waals surface area contributed by atoms with Gasteiger partial charge in [0.1, 0.15) is 0 Å². The lowest BCUT2D eigenvalue weighted by Gasteiger charge is -2.19. The number of ether oxygens (including phenoxy) is 1. The second kappa shape index (κ2) is 4.61. The Bertz CT molecular complexity index is 213. The van der Waals surface area contributed by atoms with Crippen LogP contribution in [0.25, 0.3) is 0 Å². The molecule has 1 nitrogen and oxygen atoms in total. The van der Waals surface area contributed by atoms with Gasteiger partial charge < -0.3 is 4.74 Å². The molecule has 0 bridgehead atoms. The average molecular weight is 254 g/mol. The molecule has 0 N–H and O–H groups in total. The molecule has 0 heterocycles. The molecule has 0 atom stereocenters. The zero-order valence-electron chi connectivity index (χ0n) is 7.19. The molecule has 8 heteroatoms. The number of rotatable bonds is 2. The minimum atomic E-state index is -5.62. The largest absolute Gasteiger partial charge is 0.476 e. The van der Waals surface area contributed by atoms with E-state index in [0.717, 1.165) is 0 Å². The van der Waals surface area contributed by atoms with Gasteiger partial charge in [-0.3, -0.25) is 0 Å². The zero-order chi connectivity index (χ0) is 11.6. The lowest BCUT2D eigenvalue weighted by Crippen LogP contribution is -2.34. The molecule has 0 aromatic rings. The summed E-state index contributed by atoms with van der Waals surface area (Å²) in [4.78, 5) is 0. The van der Waals surface area contributed by atoms with Crippen LogP contribution in [0.3, 0.4) is 0 Å². The number of thiocarbonyl (C=S) groups is 1. The van der Waals surface area contributed by atoms with E-state index in [1.54, 1.807) is 0 Å². The smallest absolute Gasteiger partial charge is 0.464 e. The quantitative estimate of drug-likeness (QED) is 0.550. The molecule has 0 saturated carbocycles. The van der Waals surface area contributed by atoms with Crippen molar-refractivity contribution in [2.75, 3.05) is 0 Å². The first-order valence-electron chi connectivity index (χ1n) is 3.40. The van der Waals surface area contributed by atoms with E-state index in [4.69, 9.17) is 0 Å². The first kappa shape index (κ1) is 13.9. The van der Waals surface area contributed by atoms with Gasteiger partial charge >= 0.3 is 11.4 Å². The predicted octanol–water partition coefficient (Wildman–Crippen LogP) is 3.58. The van der Waals surface area contributed by atoms with Gasteiger partial charge in [-0.1, -0.05) is 0 Å². The highest BCUT2D eigenvalue weighted by atomic mass is 32.2. The summed E-state index contributed by atoms with van der Waals surface area (Å²) < 4.78 is 63.2. The van der Waals surface area contributed by atoms with Gasteiger partial charge in [-0.05, 0) is 26.1 Å². The molecule has 0 spiro atoms. The maximum atomic E-state index is 12.3. The maximum Gasteiger partial charge on any atom is 0.464 e. The number of thioether (sulfide) groups is 1. The Balaban J connectivity index is 4.30. The van der Waals surface area contributed by atoms with Crippen LogP contribution in [0.15, 0.2) is 0 Å². The summed E-state index contributed by atoms with van der Waals surface area (Å²) >= 11 is 3.40. The van der Waals surface area contributed by atoms with Crippen LogP contribution in [0, 0.1) is 0 Å². The van der Waals surface area contributed by atoms with E-state index in [0.29, 0.717) is 0 Å². The average Bonchev–Trinajstić information content (AvgIpc) is 1.79. The Morgan fingerprint density at radius 2 is 1.64 bits per heavy atom. The highest BCUT2D eigenvalue weighted by Crippen LogP contribution is 2.44. The molecule has 0 rings (SSSR count). The molecular formula is C6H7F5OS2. The Kier molecular flexibility index (Phi) is 4.57. The van der Waals surface area contributed by atoms with E-state index in [-0.39, 0.29) is 0 Å². The summed E-state index contributed by atoms with van der Waals surface area (Å²) in [6.07, 6.45) is -6.15. The van der Waals surface area contributed by atoms with Crippen LogP contribution >= 0.6 is 24.0 Å². The van der Waals surface area contributed by atoms with Crippen molar-refractivity contribution in [2.45, 2.75) is 31.4 Å². The molecule has 0 amide bonds. The Labute approximate surface area is 87.0 Å². The van der Waals surface area contributed by atoms with Crippen molar-refractivity contribution in [2.24, 2.45) is 0 Å². The van der Waals surface area contributed by atoms with Gasteiger partial charge in [0.15, 0.2) is 0 Å². The lowest BCUT2D eigenvalue weighted by atomic mass is 10.5. The van der Waals surface area contributed by atoms with E-state index >= 15 is 0 Å². The Hall–Kier alpha value is -0.110. The van der Waals surface area contributed by atoms with Crippen molar-refractivity contribution in [1.29, 1.82) is 0 Å². The minimum absolute atomic E-state index is 0.529. The molecule has 0 aliphatic carbocycles. The molecular weight excluding hydrogens is 247 g/mol. The fourth-order valence-electron chi connectivity index (χ4n) is 0.379. The minimum Gasteiger partial charge on any atom is -0.476 e. The molecule has 84 valence electrons. The van der Waals surface area contributed by atoms with Gasteiger partial charge in [0, 0.05) is 11.8 Å². The highest BCUT2D eigenvalue weighted by Gasteiger charge is 2.59. The third-order valence-electron chi connectivity index (χ3n) is 0.873. The number of alkyl halides is 5. The molecule has 0 fully saturated rings. The van der Waals surface area contributed by atoms with Crippen LogP contribution in [0.2, 0.25) is 0 Å². The van der Waals surface area contributed by atoms with Crippen molar-refractivity contribution >= 4 is 28.4 Å². The summed E-state index contributed by atoms with van der Waals surface area (Å²) in [6, 6.07) is 0. The SMILES string of the molecule is CC(C)OC(=S)SC(F)(F)C(F)(F)F. The number of halogens is 5. The zero-order valence-corrected chi connectivity index (χ0v) is 8.82. The highest BCUT2D eigenvalue weighted by molar-refractivity contribution is 8.23. The summed E-state index contributed by atoms with van der Waals surface area (Å²) in [5, 5.41) is -4.90. The Morgan fingerprint density at radius 3 is 1.93 bits per heavy atom. The molecule has 0 aliphatic rings. The summed E-state index contributed by atoms with van der Waals surface area (Å²) in [7, 11) is 0. The van der Waals surface area contributed by atoms with Crippen LogP contribution in [0.5, 0.6) is 0 Å². The fourth-order valence-corrected chi connectivity index (χ4v) is 1.45. The van der Waals surface area contributed by atoms with Crippen molar-refractivity contribution in [3.8, 4) is 0 Å². The van der Waals surface area contributed by atoms with Crippen molar-refractivity contribution in [1.82, 2.24) is 0 Å². The van der Waals surface area contributed by atoms with Gasteiger partial charge in [-0.25, -0.2) is 0 Å². The van der Waals surface area contributed by atoms with Crippen LogP contribution in [-0.4, -0.2) is 21.9 Å². The van der Waals surface area contributed by atoms with Crippen LogP contribution in [-0.2, 0) is 4.74 Å². The summed E-state index contributed by atoms with van der Waals surface area (Å²) in [5.41, 5.74) is 0. The number of hydrogen-bond donors (Lipinski definition) is 0. The number of hydrogen-bond acceptors (Lipinski definition) is 3. The van der Waals surface area contributed by atoms with E-state index in [9.17, 15) is 22.0 Å². The first-order valence-corrected chi connectivity index (χ1v) is 4.63. The third-order valence-corrected chi connectivity index (χ3v) is 1.97. The molecule has 14 heavy (non-hydrogen) atoms. The van der Waals surface area contributed by atoms with Crippen LogP contribution in [0.4, 0.5) is 22.0 Å². The van der Waals surface area contributed by atoms with Gasteiger partial charge in [-0.2, -0.15) is 22.0 Å². The maximum absolute atomic E-state index is 12.3. The lowest BCUT2D eigenvalue weighted by molar-refractivity contribution is -0.237. The van der Waals surface area contributed by atoms with Gasteiger partial charge in [-0.15, -0.1) is 0 Å². The Morgan fingerprint density at radius 1 is 1.21 bits per heavy atom. The van der Waals surface area contributed by atoms with Gasteiger partial charge in [0.25, 0.3) is 0 Å². The van der Waals surface area contributed by atoms with Crippen LogP contribution in [0.1, 0.15) is 13.8 Å². The van der Waals surface area contributed by atoms with Gasteiger partial charge in [0.2, 0.25) is 4.38 Å². The van der Waals surface area contributed by atoms with Crippen LogP contribution < -0.4 is 0 Å². The monoisotopic (exact) mass is 254 g/mol. The molecule has 0 unspecified atom stereocenters. The van der Waals surface area contributed by atoms with E-state index < -0.39 is 33.7 Å². The first-order chi connectivity index (χ1) is 6.06. The molecule has 0 radical (unpaired) electrons. The third kappa shape index (κ3) is 4.41. The molecule has 0 aromatic carbocycles. The summed E-state index contributed by atoms with van der Waals surface area (Å²) in [6.45, 7) is 2.94. The fraction of sp³-hybridized carbons (Fsp3) is 0.833. The van der Waals surface area contributed by atoms with Crippen molar-refractivity contribution in [3.05, 3.63) is 0 Å². The molecule has 0 saturated heterocycles. The van der Waals surface area contributed by atoms with E-state index in [2.05, 4.69) is 17.0 Å². The van der Waals surface area contributed by atoms with E-state index in [1.807, 2.05) is 0 Å². The molecule has 0 aliphatic heterocycles. The predicted molar refractivity (Wildman–Crippen MR) is 47.4 cm³/mol. The van der Waals surface area contributed by atoms with Gasteiger partial charge in [0.05, 0.1) is 6.10 Å². The second-order valence-electron chi connectivity index (χ2n) is 2.53. The van der Waals surface area contributed by atoms with E-state index in [1.165, 1.54) is 13.8 Å². The van der Waals surface area contributed by atoms with Crippen molar-refractivity contribution < 1.29 is 26.7 Å². The topological polar surface area (TPSA) is 9.23 Å². The second-order valence-corrected chi connectivity index (χ2v) is 4.25. The standard InChI is InChI=1S/C6H7F5OS2/c1-3(2)12-4(13)14-6(10,11)5(7,8)9/h3H,1-2H3.